The van der Waals surface area contributed by atoms with Crippen LogP contribution in [0.4, 0.5) is 0 Å². The Bertz CT molecular complexity index is 789. The normalized spacial score (nSPS) is 21.7. The van der Waals surface area contributed by atoms with E-state index in [2.05, 4.69) is 108 Å². The van der Waals surface area contributed by atoms with Crippen LogP contribution in [0, 0.1) is 0 Å². The van der Waals surface area contributed by atoms with E-state index in [1.165, 1.54) is 17.6 Å². The van der Waals surface area contributed by atoms with Crippen LogP contribution in [-0.2, 0) is 0 Å². The zero-order chi connectivity index (χ0) is 18.9. The third-order valence-electron chi connectivity index (χ3n) is 7.07. The summed E-state index contributed by atoms with van der Waals surface area (Å²) in [4.78, 5) is 0. The Morgan fingerprint density at radius 3 is 1.65 bits per heavy atom. The number of hydrogen-bond donors (Lipinski definition) is 0. The third-order valence-corrected chi connectivity index (χ3v) is 13.6. The first-order valence-electron chi connectivity index (χ1n) is 9.88. The van der Waals surface area contributed by atoms with Crippen LogP contribution >= 0.6 is 0 Å². The summed E-state index contributed by atoms with van der Waals surface area (Å²) in [6.07, 6.45) is 3.79. The maximum Gasteiger partial charge on any atom is 0.134 e. The molecule has 26 heavy (non-hydrogen) atoms. The fraction of sp³-hybridized carbons (Fsp3) is 0.360. The Labute approximate surface area is 160 Å². The van der Waals surface area contributed by atoms with Crippen LogP contribution in [0.3, 0.4) is 0 Å². The summed E-state index contributed by atoms with van der Waals surface area (Å²) in [6, 6.07) is 22.8. The van der Waals surface area contributed by atoms with Crippen molar-refractivity contribution in [1.29, 1.82) is 0 Å². The molecule has 0 fully saturated rings. The Morgan fingerprint density at radius 2 is 1.31 bits per heavy atom. The molecule has 2 atom stereocenters. The van der Waals surface area contributed by atoms with Crippen molar-refractivity contribution in [3.63, 3.8) is 0 Å². The molecule has 3 rings (SSSR count). The maximum atomic E-state index is 2.59. The van der Waals surface area contributed by atoms with Crippen molar-refractivity contribution in [2.45, 2.75) is 58.5 Å². The molecular formula is C25H32Si. The highest BCUT2D eigenvalue weighted by molar-refractivity contribution is 7.06. The third kappa shape index (κ3) is 2.56. The van der Waals surface area contributed by atoms with E-state index < -0.39 is 8.07 Å². The van der Waals surface area contributed by atoms with Crippen LogP contribution < -0.4 is 10.4 Å². The van der Waals surface area contributed by atoms with Gasteiger partial charge in [0.1, 0.15) is 8.07 Å². The summed E-state index contributed by atoms with van der Waals surface area (Å²) in [6.45, 7) is 14.3. The minimum atomic E-state index is -2.12. The maximum absolute atomic E-state index is 2.59. The Morgan fingerprint density at radius 1 is 0.846 bits per heavy atom. The van der Waals surface area contributed by atoms with Crippen molar-refractivity contribution >= 4 is 18.4 Å². The van der Waals surface area contributed by atoms with E-state index in [1.54, 1.807) is 15.9 Å². The van der Waals surface area contributed by atoms with E-state index in [4.69, 9.17) is 0 Å². The minimum absolute atomic E-state index is 0.0965. The lowest BCUT2D eigenvalue weighted by Crippen LogP contribution is -2.67. The lowest BCUT2D eigenvalue weighted by molar-refractivity contribution is 0.770. The lowest BCUT2D eigenvalue weighted by Gasteiger charge is -2.50. The van der Waals surface area contributed by atoms with Crippen LogP contribution in [0.15, 0.2) is 83.5 Å². The first kappa shape index (κ1) is 18.9. The zero-order valence-electron chi connectivity index (χ0n) is 17.1. The highest BCUT2D eigenvalue weighted by atomic mass is 28.3. The van der Waals surface area contributed by atoms with Crippen molar-refractivity contribution in [1.82, 2.24) is 0 Å². The van der Waals surface area contributed by atoms with Gasteiger partial charge in [-0.1, -0.05) is 115 Å². The smallest absolute Gasteiger partial charge is 0.0733 e. The van der Waals surface area contributed by atoms with Gasteiger partial charge >= 0.3 is 0 Å². The number of rotatable bonds is 5. The average Bonchev–Trinajstić information content (AvgIpc) is 2.87. The second-order valence-electron chi connectivity index (χ2n) is 8.13. The molecule has 136 valence electrons. The molecule has 2 aromatic rings. The predicted octanol–water partition coefficient (Wildman–Crippen LogP) is 6.11. The minimum Gasteiger partial charge on any atom is -0.0733 e. The molecule has 0 spiro atoms. The SMILES string of the molecule is CCC(C)[Si](c1ccccc1)(c1ccccc1)C1(C)C=C(C)C(C)=C1C. The van der Waals surface area contributed by atoms with Gasteiger partial charge in [0, 0.05) is 5.04 Å². The Kier molecular flexibility index (Phi) is 5.12. The molecule has 0 amide bonds. The van der Waals surface area contributed by atoms with Gasteiger partial charge in [0.05, 0.1) is 0 Å². The highest BCUT2D eigenvalue weighted by Crippen LogP contribution is 2.56. The van der Waals surface area contributed by atoms with Gasteiger partial charge in [-0.3, -0.25) is 0 Å². The molecule has 0 N–H and O–H groups in total. The van der Waals surface area contributed by atoms with Gasteiger partial charge in [0.15, 0.2) is 0 Å². The molecule has 1 aliphatic carbocycles. The van der Waals surface area contributed by atoms with E-state index in [0.717, 1.165) is 0 Å². The first-order chi connectivity index (χ1) is 12.4. The van der Waals surface area contributed by atoms with Crippen LogP contribution in [0.5, 0.6) is 0 Å². The molecular weight excluding hydrogens is 328 g/mol. The average molecular weight is 361 g/mol. The number of benzene rings is 2. The summed E-state index contributed by atoms with van der Waals surface area (Å²) >= 11 is 0. The fourth-order valence-corrected chi connectivity index (χ4v) is 12.3. The molecule has 1 aliphatic rings. The van der Waals surface area contributed by atoms with Crippen molar-refractivity contribution in [2.24, 2.45) is 0 Å². The molecule has 0 saturated heterocycles. The molecule has 0 aliphatic heterocycles. The first-order valence-corrected chi connectivity index (χ1v) is 12.0. The zero-order valence-corrected chi connectivity index (χ0v) is 18.1. The molecule has 0 saturated carbocycles. The second kappa shape index (κ2) is 7.04. The van der Waals surface area contributed by atoms with E-state index in [-0.39, 0.29) is 5.04 Å². The molecule has 0 heterocycles. The molecule has 1 heteroatoms. The number of hydrogen-bond acceptors (Lipinski definition) is 0. The van der Waals surface area contributed by atoms with Gasteiger partial charge in [-0.15, -0.1) is 0 Å². The van der Waals surface area contributed by atoms with Crippen LogP contribution in [0.2, 0.25) is 10.6 Å². The van der Waals surface area contributed by atoms with Crippen LogP contribution in [0.25, 0.3) is 0 Å². The quantitative estimate of drug-likeness (QED) is 0.565. The van der Waals surface area contributed by atoms with Crippen molar-refractivity contribution in [3.05, 3.63) is 83.5 Å². The van der Waals surface area contributed by atoms with E-state index in [9.17, 15) is 0 Å². The lowest BCUT2D eigenvalue weighted by atomic mass is 10.0. The summed E-state index contributed by atoms with van der Waals surface area (Å²) < 4.78 is 0. The standard InChI is InChI=1S/C25H32Si/c1-7-20(3)26(23-14-10-8-11-15-23,24-16-12-9-13-17-24)25(6)18-19(2)21(4)22(25)5/h8-18,20H,7H2,1-6H3. The van der Waals surface area contributed by atoms with Crippen molar-refractivity contribution in [2.75, 3.05) is 0 Å². The Hall–Kier alpha value is -1.86. The number of allylic oxidation sites excluding steroid dienone is 4. The molecule has 0 radical (unpaired) electrons. The van der Waals surface area contributed by atoms with Gasteiger partial charge in [-0.25, -0.2) is 0 Å². The summed E-state index contributed by atoms with van der Waals surface area (Å²) in [5.74, 6) is 0. The van der Waals surface area contributed by atoms with Gasteiger partial charge < -0.3 is 0 Å². The van der Waals surface area contributed by atoms with E-state index in [0.29, 0.717) is 5.54 Å². The van der Waals surface area contributed by atoms with E-state index >= 15 is 0 Å². The van der Waals surface area contributed by atoms with Crippen molar-refractivity contribution in [3.8, 4) is 0 Å². The topological polar surface area (TPSA) is 0 Å². The van der Waals surface area contributed by atoms with Gasteiger partial charge in [0.2, 0.25) is 0 Å². The fourth-order valence-electron chi connectivity index (χ4n) is 5.30. The molecule has 2 aromatic carbocycles. The van der Waals surface area contributed by atoms with E-state index in [1.807, 2.05) is 0 Å². The van der Waals surface area contributed by atoms with Gasteiger partial charge in [-0.05, 0) is 31.9 Å². The highest BCUT2D eigenvalue weighted by Gasteiger charge is 2.56. The molecule has 2 unspecified atom stereocenters. The van der Waals surface area contributed by atoms with Crippen LogP contribution in [0.1, 0.15) is 48.0 Å². The monoisotopic (exact) mass is 360 g/mol. The second-order valence-corrected chi connectivity index (χ2v) is 12.9. The predicted molar refractivity (Wildman–Crippen MR) is 118 cm³/mol. The summed E-state index contributed by atoms with van der Waals surface area (Å²) in [5, 5.41) is 3.21. The summed E-state index contributed by atoms with van der Waals surface area (Å²) in [5.41, 5.74) is 5.15. The largest absolute Gasteiger partial charge is 0.134 e. The van der Waals surface area contributed by atoms with Crippen molar-refractivity contribution < 1.29 is 0 Å². The molecule has 0 nitrogen and oxygen atoms in total. The Balaban J connectivity index is 2.44. The molecule has 0 bridgehead atoms. The van der Waals surface area contributed by atoms with Crippen LogP contribution in [-0.4, -0.2) is 8.07 Å². The van der Waals surface area contributed by atoms with Gasteiger partial charge in [0.25, 0.3) is 0 Å². The van der Waals surface area contributed by atoms with Gasteiger partial charge in [-0.2, -0.15) is 0 Å². The summed E-state index contributed by atoms with van der Waals surface area (Å²) in [7, 11) is -2.12. The molecule has 0 aromatic heterocycles.